The smallest absolute Gasteiger partial charge is 0.875 e. The molecular weight excluding hydrogens is 127 g/mol. The maximum Gasteiger partial charge on any atom is 1.00 e. The molecule has 2 heteroatoms. The third kappa shape index (κ3) is 5.32. The van der Waals surface area contributed by atoms with Crippen LogP contribution in [0.3, 0.4) is 0 Å². The first-order chi connectivity index (χ1) is 2.94. The predicted molar refractivity (Wildman–Crippen MR) is 28.6 cm³/mol. The Morgan fingerprint density at radius 1 is 1.38 bits per heavy atom. The standard InChI is InChI=1S/C6H12O.K/c1-5(7)6(2,3)4;/h7H,1H2,2-4H3;/q;+1/p-1. The second kappa shape index (κ2) is 4.07. The predicted octanol–water partition coefficient (Wildman–Crippen LogP) is -2.09. The summed E-state index contributed by atoms with van der Waals surface area (Å²) in [6, 6.07) is 0. The first kappa shape index (κ1) is 11.9. The van der Waals surface area contributed by atoms with Gasteiger partial charge in [-0.15, -0.1) is 12.3 Å². The van der Waals surface area contributed by atoms with Crippen LogP contribution in [0.15, 0.2) is 12.3 Å². The van der Waals surface area contributed by atoms with Crippen LogP contribution < -0.4 is 56.5 Å². The molecule has 0 aromatic rings. The molecule has 0 saturated carbocycles. The van der Waals surface area contributed by atoms with Crippen molar-refractivity contribution >= 4 is 0 Å². The fraction of sp³-hybridized carbons (Fsp3) is 0.667. The van der Waals surface area contributed by atoms with Gasteiger partial charge in [0.1, 0.15) is 0 Å². The Morgan fingerprint density at radius 2 is 1.50 bits per heavy atom. The van der Waals surface area contributed by atoms with Crippen LogP contribution in [0.4, 0.5) is 0 Å². The monoisotopic (exact) mass is 138 g/mol. The van der Waals surface area contributed by atoms with Crippen molar-refractivity contribution in [2.24, 2.45) is 5.41 Å². The van der Waals surface area contributed by atoms with Crippen LogP contribution in [0.2, 0.25) is 0 Å². The van der Waals surface area contributed by atoms with Gasteiger partial charge in [-0.05, 0) is 5.41 Å². The van der Waals surface area contributed by atoms with E-state index in [0.29, 0.717) is 0 Å². The van der Waals surface area contributed by atoms with Gasteiger partial charge in [-0.25, -0.2) is 0 Å². The summed E-state index contributed by atoms with van der Waals surface area (Å²) in [5.74, 6) is -0.00694. The quantitative estimate of drug-likeness (QED) is 0.278. The molecular formula is C6H11KO. The van der Waals surface area contributed by atoms with Gasteiger partial charge in [-0.3, -0.25) is 0 Å². The van der Waals surface area contributed by atoms with E-state index in [1.165, 1.54) is 0 Å². The van der Waals surface area contributed by atoms with Crippen LogP contribution in [-0.2, 0) is 0 Å². The normalized spacial score (nSPS) is 9.88. The van der Waals surface area contributed by atoms with Crippen molar-refractivity contribution < 1.29 is 56.5 Å². The van der Waals surface area contributed by atoms with E-state index in [2.05, 4.69) is 6.58 Å². The average Bonchev–Trinajstić information content (AvgIpc) is 1.31. The average molecular weight is 138 g/mol. The van der Waals surface area contributed by atoms with Crippen LogP contribution in [0, 0.1) is 5.41 Å². The van der Waals surface area contributed by atoms with Crippen LogP contribution >= 0.6 is 0 Å². The largest absolute Gasteiger partial charge is 1.00 e. The maximum atomic E-state index is 10.4. The number of allylic oxidation sites excluding steroid dienone is 1. The van der Waals surface area contributed by atoms with Gasteiger partial charge >= 0.3 is 51.4 Å². The molecule has 0 rings (SSSR count). The number of hydrogen-bond donors (Lipinski definition) is 0. The van der Waals surface area contributed by atoms with E-state index in [1.54, 1.807) is 0 Å². The fourth-order valence-electron chi connectivity index (χ4n) is 0. The van der Waals surface area contributed by atoms with Gasteiger partial charge in [0.25, 0.3) is 0 Å². The zero-order valence-electron chi connectivity index (χ0n) is 6.12. The number of hydrogen-bond acceptors (Lipinski definition) is 1. The summed E-state index contributed by atoms with van der Waals surface area (Å²) in [5, 5.41) is 10.4. The molecule has 0 radical (unpaired) electrons. The van der Waals surface area contributed by atoms with Crippen molar-refractivity contribution in [2.45, 2.75) is 20.8 Å². The summed E-state index contributed by atoms with van der Waals surface area (Å²) in [5.41, 5.74) is -0.250. The Kier molecular flexibility index (Phi) is 6.05. The number of rotatable bonds is 0. The molecule has 0 aromatic carbocycles. The van der Waals surface area contributed by atoms with E-state index >= 15 is 0 Å². The molecule has 0 saturated heterocycles. The van der Waals surface area contributed by atoms with Crippen molar-refractivity contribution in [3.8, 4) is 0 Å². The molecule has 0 bridgehead atoms. The van der Waals surface area contributed by atoms with Crippen molar-refractivity contribution in [1.82, 2.24) is 0 Å². The summed E-state index contributed by atoms with van der Waals surface area (Å²) in [6.45, 7) is 8.82. The molecule has 0 heterocycles. The van der Waals surface area contributed by atoms with Gasteiger partial charge < -0.3 is 5.11 Å². The molecule has 0 amide bonds. The van der Waals surface area contributed by atoms with Crippen LogP contribution in [0.1, 0.15) is 20.8 Å². The molecule has 0 aliphatic carbocycles. The van der Waals surface area contributed by atoms with Crippen molar-refractivity contribution in [3.05, 3.63) is 12.3 Å². The molecule has 0 fully saturated rings. The van der Waals surface area contributed by atoms with E-state index < -0.39 is 0 Å². The van der Waals surface area contributed by atoms with Gasteiger partial charge in [0, 0.05) is 0 Å². The first-order valence-corrected chi connectivity index (χ1v) is 2.31. The van der Waals surface area contributed by atoms with Crippen molar-refractivity contribution in [1.29, 1.82) is 0 Å². The van der Waals surface area contributed by atoms with Gasteiger partial charge in [-0.2, -0.15) is 0 Å². The molecule has 0 aliphatic heterocycles. The van der Waals surface area contributed by atoms with Gasteiger partial charge in [0.2, 0.25) is 0 Å². The van der Waals surface area contributed by atoms with Crippen LogP contribution in [0.5, 0.6) is 0 Å². The van der Waals surface area contributed by atoms with Gasteiger partial charge in [0.15, 0.2) is 0 Å². The van der Waals surface area contributed by atoms with E-state index in [1.807, 2.05) is 20.8 Å². The van der Waals surface area contributed by atoms with Crippen LogP contribution in [0.25, 0.3) is 0 Å². The molecule has 1 nitrogen and oxygen atoms in total. The maximum absolute atomic E-state index is 10.4. The SMILES string of the molecule is C=C([O-])C(C)(C)C.[K+]. The summed E-state index contributed by atoms with van der Waals surface area (Å²) in [4.78, 5) is 0. The van der Waals surface area contributed by atoms with Gasteiger partial charge in [-0.1, -0.05) is 20.8 Å². The molecule has 8 heavy (non-hydrogen) atoms. The molecule has 0 N–H and O–H groups in total. The van der Waals surface area contributed by atoms with Crippen LogP contribution in [-0.4, -0.2) is 0 Å². The third-order valence-corrected chi connectivity index (χ3v) is 0.837. The van der Waals surface area contributed by atoms with Gasteiger partial charge in [0.05, 0.1) is 0 Å². The Labute approximate surface area is 93.6 Å². The van der Waals surface area contributed by atoms with E-state index in [0.717, 1.165) is 0 Å². The molecule has 0 atom stereocenters. The van der Waals surface area contributed by atoms with E-state index in [4.69, 9.17) is 0 Å². The summed E-state index contributed by atoms with van der Waals surface area (Å²) >= 11 is 0. The van der Waals surface area contributed by atoms with Crippen molar-refractivity contribution in [2.75, 3.05) is 0 Å². The zero-order chi connectivity index (χ0) is 6.08. The third-order valence-electron chi connectivity index (χ3n) is 0.837. The molecule has 0 aliphatic rings. The topological polar surface area (TPSA) is 23.1 Å². The molecule has 42 valence electrons. The first-order valence-electron chi connectivity index (χ1n) is 2.31. The molecule has 0 spiro atoms. The molecule has 0 unspecified atom stereocenters. The summed E-state index contributed by atoms with van der Waals surface area (Å²) < 4.78 is 0. The van der Waals surface area contributed by atoms with Crippen molar-refractivity contribution in [3.63, 3.8) is 0 Å². The Morgan fingerprint density at radius 3 is 1.50 bits per heavy atom. The Bertz CT molecular complexity index is 81.0. The minimum Gasteiger partial charge on any atom is -0.875 e. The zero-order valence-corrected chi connectivity index (χ0v) is 9.24. The minimum atomic E-state index is -0.250. The Balaban J connectivity index is 0. The minimum absolute atomic E-state index is 0. The Hall–Kier alpha value is 1.18. The summed E-state index contributed by atoms with van der Waals surface area (Å²) in [7, 11) is 0. The second-order valence-electron chi connectivity index (χ2n) is 2.67. The summed E-state index contributed by atoms with van der Waals surface area (Å²) in [6.07, 6.45) is 0. The molecule has 0 aromatic heterocycles. The fourth-order valence-corrected chi connectivity index (χ4v) is 0. The van der Waals surface area contributed by atoms with E-state index in [-0.39, 0.29) is 62.6 Å². The van der Waals surface area contributed by atoms with E-state index in [9.17, 15) is 5.11 Å². The second-order valence-corrected chi connectivity index (χ2v) is 2.67.